The van der Waals surface area contributed by atoms with Gasteiger partial charge in [0.15, 0.2) is 0 Å². The standard InChI is InChI=1S/C19H20O3/c1-12-10-13(2)17(14(3)11-12)15(4)22-19(21)18(20)16-8-6-5-7-9-16/h5-11,15H,1-4H3/t15-/m0/s1. The molecule has 0 bridgehead atoms. The topological polar surface area (TPSA) is 43.4 Å². The summed E-state index contributed by atoms with van der Waals surface area (Å²) in [6.45, 7) is 7.79. The Hall–Kier alpha value is -2.42. The third kappa shape index (κ3) is 3.42. The van der Waals surface area contributed by atoms with Gasteiger partial charge in [0.1, 0.15) is 6.10 Å². The Balaban J connectivity index is 2.17. The molecular formula is C19H20O3. The molecule has 0 unspecified atom stereocenters. The van der Waals surface area contributed by atoms with E-state index in [1.807, 2.05) is 32.9 Å². The highest BCUT2D eigenvalue weighted by molar-refractivity contribution is 6.40. The van der Waals surface area contributed by atoms with Crippen LogP contribution >= 0.6 is 0 Å². The van der Waals surface area contributed by atoms with Crippen LogP contribution < -0.4 is 0 Å². The Morgan fingerprint density at radius 1 is 0.955 bits per heavy atom. The largest absolute Gasteiger partial charge is 0.452 e. The van der Waals surface area contributed by atoms with Crippen molar-refractivity contribution in [2.24, 2.45) is 0 Å². The minimum atomic E-state index is -0.821. The maximum atomic E-state index is 12.1. The van der Waals surface area contributed by atoms with Gasteiger partial charge in [0.25, 0.3) is 5.78 Å². The monoisotopic (exact) mass is 296 g/mol. The Labute approximate surface area is 130 Å². The quantitative estimate of drug-likeness (QED) is 0.484. The molecule has 2 aromatic rings. The predicted molar refractivity (Wildman–Crippen MR) is 85.9 cm³/mol. The van der Waals surface area contributed by atoms with Crippen LogP contribution in [0, 0.1) is 20.8 Å². The molecule has 1 atom stereocenters. The van der Waals surface area contributed by atoms with E-state index >= 15 is 0 Å². The number of carbonyl (C=O) groups excluding carboxylic acids is 2. The molecule has 0 aliphatic rings. The van der Waals surface area contributed by atoms with E-state index in [0.29, 0.717) is 5.56 Å². The van der Waals surface area contributed by atoms with Crippen LogP contribution in [-0.4, -0.2) is 11.8 Å². The smallest absolute Gasteiger partial charge is 0.380 e. The van der Waals surface area contributed by atoms with Crippen LogP contribution in [0.2, 0.25) is 0 Å². The Morgan fingerprint density at radius 3 is 2.05 bits per heavy atom. The lowest BCUT2D eigenvalue weighted by atomic mass is 9.96. The van der Waals surface area contributed by atoms with Crippen molar-refractivity contribution < 1.29 is 14.3 Å². The predicted octanol–water partition coefficient (Wildman–Crippen LogP) is 4.10. The highest BCUT2D eigenvalue weighted by Gasteiger charge is 2.22. The maximum absolute atomic E-state index is 12.1. The zero-order valence-corrected chi connectivity index (χ0v) is 13.3. The van der Waals surface area contributed by atoms with Crippen LogP contribution in [0.25, 0.3) is 0 Å². The van der Waals surface area contributed by atoms with Crippen molar-refractivity contribution in [1.29, 1.82) is 0 Å². The first-order chi connectivity index (χ1) is 10.4. The number of Topliss-reactive ketones (excluding diaryl/α,β-unsaturated/α-hetero) is 1. The molecule has 0 saturated carbocycles. The first-order valence-corrected chi connectivity index (χ1v) is 7.28. The normalized spacial score (nSPS) is 11.8. The van der Waals surface area contributed by atoms with Crippen molar-refractivity contribution >= 4 is 11.8 Å². The van der Waals surface area contributed by atoms with E-state index in [-0.39, 0.29) is 0 Å². The second-order valence-corrected chi connectivity index (χ2v) is 5.56. The van der Waals surface area contributed by atoms with Gasteiger partial charge in [-0.15, -0.1) is 0 Å². The highest BCUT2D eigenvalue weighted by atomic mass is 16.5. The summed E-state index contributed by atoms with van der Waals surface area (Å²) in [6, 6.07) is 12.5. The number of esters is 1. The summed E-state index contributed by atoms with van der Waals surface area (Å²) in [4.78, 5) is 24.1. The Bertz CT molecular complexity index is 679. The zero-order chi connectivity index (χ0) is 16.3. The molecule has 2 rings (SSSR count). The van der Waals surface area contributed by atoms with Crippen molar-refractivity contribution in [3.8, 4) is 0 Å². The van der Waals surface area contributed by atoms with Gasteiger partial charge in [-0.1, -0.05) is 48.0 Å². The SMILES string of the molecule is Cc1cc(C)c([C@H](C)OC(=O)C(=O)c2ccccc2)c(C)c1. The van der Waals surface area contributed by atoms with E-state index < -0.39 is 17.9 Å². The molecule has 0 aliphatic carbocycles. The second-order valence-electron chi connectivity index (χ2n) is 5.56. The molecule has 114 valence electrons. The summed E-state index contributed by atoms with van der Waals surface area (Å²) < 4.78 is 5.37. The van der Waals surface area contributed by atoms with Crippen LogP contribution in [0.1, 0.15) is 45.6 Å². The average Bonchev–Trinajstić information content (AvgIpc) is 2.46. The van der Waals surface area contributed by atoms with Crippen LogP contribution in [0.3, 0.4) is 0 Å². The molecule has 0 saturated heterocycles. The zero-order valence-electron chi connectivity index (χ0n) is 13.3. The summed E-state index contributed by atoms with van der Waals surface area (Å²) in [5, 5.41) is 0. The van der Waals surface area contributed by atoms with E-state index in [1.54, 1.807) is 37.3 Å². The number of ketones is 1. The van der Waals surface area contributed by atoms with Gasteiger partial charge in [-0.2, -0.15) is 0 Å². The minimum absolute atomic E-state index is 0.344. The first kappa shape index (κ1) is 16.0. The summed E-state index contributed by atoms with van der Waals surface area (Å²) in [6.07, 6.45) is -0.458. The van der Waals surface area contributed by atoms with Crippen molar-refractivity contribution in [2.45, 2.75) is 33.8 Å². The molecule has 0 aliphatic heterocycles. The van der Waals surface area contributed by atoms with Crippen LogP contribution in [-0.2, 0) is 9.53 Å². The molecule has 3 heteroatoms. The molecule has 22 heavy (non-hydrogen) atoms. The Kier molecular flexibility index (Phi) is 4.76. The second kappa shape index (κ2) is 6.56. The number of carbonyl (C=O) groups is 2. The lowest BCUT2D eigenvalue weighted by molar-refractivity contribution is -0.142. The highest BCUT2D eigenvalue weighted by Crippen LogP contribution is 2.26. The van der Waals surface area contributed by atoms with Crippen LogP contribution in [0.15, 0.2) is 42.5 Å². The summed E-state index contributed by atoms with van der Waals surface area (Å²) in [5.74, 6) is -1.44. The molecule has 0 aromatic heterocycles. The molecule has 0 heterocycles. The van der Waals surface area contributed by atoms with Crippen molar-refractivity contribution in [3.63, 3.8) is 0 Å². The minimum Gasteiger partial charge on any atom is -0.452 e. The fourth-order valence-electron chi connectivity index (χ4n) is 2.81. The number of hydrogen-bond donors (Lipinski definition) is 0. The van der Waals surface area contributed by atoms with Crippen LogP contribution in [0.4, 0.5) is 0 Å². The molecule has 3 nitrogen and oxygen atoms in total. The lowest BCUT2D eigenvalue weighted by Gasteiger charge is -2.18. The van der Waals surface area contributed by atoms with Gasteiger partial charge < -0.3 is 4.74 Å². The van der Waals surface area contributed by atoms with Crippen molar-refractivity contribution in [1.82, 2.24) is 0 Å². The fraction of sp³-hybridized carbons (Fsp3) is 0.263. The van der Waals surface area contributed by atoms with Gasteiger partial charge in [-0.25, -0.2) is 4.79 Å². The van der Waals surface area contributed by atoms with Gasteiger partial charge in [0.2, 0.25) is 0 Å². The number of hydrogen-bond acceptors (Lipinski definition) is 3. The molecule has 0 amide bonds. The van der Waals surface area contributed by atoms with Crippen LogP contribution in [0.5, 0.6) is 0 Å². The van der Waals surface area contributed by atoms with Crippen molar-refractivity contribution in [3.05, 3.63) is 70.3 Å². The third-order valence-corrected chi connectivity index (χ3v) is 3.65. The van der Waals surface area contributed by atoms with E-state index in [0.717, 1.165) is 22.3 Å². The first-order valence-electron chi connectivity index (χ1n) is 7.28. The molecule has 2 aromatic carbocycles. The number of ether oxygens (including phenoxy) is 1. The Morgan fingerprint density at radius 2 is 1.50 bits per heavy atom. The van der Waals surface area contributed by atoms with Gasteiger partial charge in [-0.05, 0) is 44.4 Å². The lowest BCUT2D eigenvalue weighted by Crippen LogP contribution is -2.20. The third-order valence-electron chi connectivity index (χ3n) is 3.65. The summed E-state index contributed by atoms with van der Waals surface area (Å²) in [7, 11) is 0. The number of benzene rings is 2. The van der Waals surface area contributed by atoms with Crippen molar-refractivity contribution in [2.75, 3.05) is 0 Å². The molecule has 0 radical (unpaired) electrons. The summed E-state index contributed by atoms with van der Waals surface area (Å²) >= 11 is 0. The van der Waals surface area contributed by atoms with Gasteiger partial charge >= 0.3 is 5.97 Å². The van der Waals surface area contributed by atoms with Gasteiger partial charge in [-0.3, -0.25) is 4.79 Å². The summed E-state index contributed by atoms with van der Waals surface area (Å²) in [5.41, 5.74) is 4.59. The molecule has 0 fully saturated rings. The van der Waals surface area contributed by atoms with Gasteiger partial charge in [0, 0.05) is 5.56 Å². The molecule has 0 spiro atoms. The molecule has 0 N–H and O–H groups in total. The fourth-order valence-corrected chi connectivity index (χ4v) is 2.81. The van der Waals surface area contributed by atoms with E-state index in [2.05, 4.69) is 0 Å². The van der Waals surface area contributed by atoms with Gasteiger partial charge in [0.05, 0.1) is 0 Å². The van der Waals surface area contributed by atoms with E-state index in [1.165, 1.54) is 0 Å². The van der Waals surface area contributed by atoms with E-state index in [9.17, 15) is 9.59 Å². The number of rotatable bonds is 4. The molecular weight excluding hydrogens is 276 g/mol. The average molecular weight is 296 g/mol. The van der Waals surface area contributed by atoms with E-state index in [4.69, 9.17) is 4.74 Å². The maximum Gasteiger partial charge on any atom is 0.380 e. The number of aryl methyl sites for hydroxylation is 3.